The van der Waals surface area contributed by atoms with E-state index in [4.69, 9.17) is 0 Å². The Kier molecular flexibility index (Phi) is 7.68. The fraction of sp³-hybridized carbons (Fsp3) is 0.407. The molecule has 0 aliphatic carbocycles. The van der Waals surface area contributed by atoms with E-state index in [9.17, 15) is 18.0 Å². The number of amides is 1. The number of aromatic nitrogens is 1. The lowest BCUT2D eigenvalue weighted by atomic mass is 10.0. The summed E-state index contributed by atoms with van der Waals surface area (Å²) in [7, 11) is 3.77. The summed E-state index contributed by atoms with van der Waals surface area (Å²) in [6, 6.07) is 11.5. The van der Waals surface area contributed by atoms with Gasteiger partial charge in [-0.25, -0.2) is 13.2 Å². The molecule has 3 aromatic rings. The van der Waals surface area contributed by atoms with Gasteiger partial charge in [-0.1, -0.05) is 18.2 Å². The Bertz CT molecular complexity index is 1240. The number of halogens is 3. The van der Waals surface area contributed by atoms with Gasteiger partial charge in [0.15, 0.2) is 0 Å². The third kappa shape index (κ3) is 5.56. The SMILES string of the molecule is Cc1cc(N[C@H](C)c2cccc(C(F)F)c2F)c2cc(N3CCN(C(=O)CN(C)C)CC3)ccc2n1. The fourth-order valence-electron chi connectivity index (χ4n) is 4.63. The number of carbonyl (C=O) groups excluding carboxylic acids is 1. The minimum absolute atomic E-state index is 0.126. The van der Waals surface area contributed by atoms with Gasteiger partial charge in [0.05, 0.1) is 23.7 Å². The summed E-state index contributed by atoms with van der Waals surface area (Å²) < 4.78 is 41.2. The number of alkyl halides is 2. The molecule has 1 N–H and O–H groups in total. The molecule has 6 nitrogen and oxygen atoms in total. The first-order valence-electron chi connectivity index (χ1n) is 12.1. The second kappa shape index (κ2) is 10.7. The zero-order valence-electron chi connectivity index (χ0n) is 21.1. The first-order valence-corrected chi connectivity index (χ1v) is 12.1. The van der Waals surface area contributed by atoms with Crippen LogP contribution in [0.2, 0.25) is 0 Å². The predicted octanol–water partition coefficient (Wildman–Crippen LogP) is 5.00. The van der Waals surface area contributed by atoms with Crippen LogP contribution in [0.5, 0.6) is 0 Å². The van der Waals surface area contributed by atoms with Crippen LogP contribution in [0.1, 0.15) is 36.2 Å². The molecule has 1 aromatic heterocycles. The summed E-state index contributed by atoms with van der Waals surface area (Å²) in [4.78, 5) is 23.0. The maximum Gasteiger partial charge on any atom is 0.266 e. The van der Waals surface area contributed by atoms with Gasteiger partial charge in [-0.2, -0.15) is 0 Å². The molecule has 2 heterocycles. The van der Waals surface area contributed by atoms with E-state index in [0.717, 1.165) is 47.1 Å². The largest absolute Gasteiger partial charge is 0.378 e. The number of pyridine rings is 1. The van der Waals surface area contributed by atoms with Gasteiger partial charge in [0.1, 0.15) is 5.82 Å². The summed E-state index contributed by atoms with van der Waals surface area (Å²) in [6.07, 6.45) is -2.87. The first-order chi connectivity index (χ1) is 17.1. The monoisotopic (exact) mass is 499 g/mol. The topological polar surface area (TPSA) is 51.7 Å². The van der Waals surface area contributed by atoms with Crippen LogP contribution in [0.25, 0.3) is 10.9 Å². The maximum absolute atomic E-state index is 14.8. The van der Waals surface area contributed by atoms with Crippen LogP contribution in [0.15, 0.2) is 42.5 Å². The molecule has 2 aromatic carbocycles. The molecule has 1 amide bonds. The minimum Gasteiger partial charge on any atom is -0.378 e. The Balaban J connectivity index is 1.57. The third-order valence-corrected chi connectivity index (χ3v) is 6.50. The van der Waals surface area contributed by atoms with E-state index in [1.807, 2.05) is 55.1 Å². The zero-order chi connectivity index (χ0) is 26.0. The number of rotatable bonds is 7. The standard InChI is InChI=1S/C27H32F3N5O/c1-17-14-24(32-18(2)20-6-5-7-21(26(20)28)27(29)30)22-15-19(8-9-23(22)31-17)34-10-12-35(13-11-34)25(36)16-33(3)4/h5-9,14-15,18,27H,10-13,16H2,1-4H3,(H,31,32)/t18-/m1/s1. The molecule has 1 saturated heterocycles. The highest BCUT2D eigenvalue weighted by Gasteiger charge is 2.23. The van der Waals surface area contributed by atoms with E-state index in [2.05, 4.69) is 15.2 Å². The Labute approximate surface area is 209 Å². The molecule has 0 radical (unpaired) electrons. The van der Waals surface area contributed by atoms with Crippen molar-refractivity contribution in [2.24, 2.45) is 0 Å². The van der Waals surface area contributed by atoms with Crippen molar-refractivity contribution in [3.63, 3.8) is 0 Å². The summed E-state index contributed by atoms with van der Waals surface area (Å²) in [5.74, 6) is -0.758. The third-order valence-electron chi connectivity index (χ3n) is 6.50. The molecular formula is C27H32F3N5O. The average molecular weight is 500 g/mol. The van der Waals surface area contributed by atoms with Crippen LogP contribution in [0, 0.1) is 12.7 Å². The summed E-state index contributed by atoms with van der Waals surface area (Å²) >= 11 is 0. The van der Waals surface area contributed by atoms with Crippen molar-refractivity contribution < 1.29 is 18.0 Å². The van der Waals surface area contributed by atoms with Crippen LogP contribution in [0.3, 0.4) is 0 Å². The molecule has 4 rings (SSSR count). The van der Waals surface area contributed by atoms with Crippen molar-refractivity contribution in [2.75, 3.05) is 57.0 Å². The lowest BCUT2D eigenvalue weighted by molar-refractivity contribution is -0.132. The zero-order valence-corrected chi connectivity index (χ0v) is 21.1. The van der Waals surface area contributed by atoms with Gasteiger partial charge >= 0.3 is 0 Å². The number of anilines is 2. The lowest BCUT2D eigenvalue weighted by Gasteiger charge is -2.36. The molecule has 1 aliphatic heterocycles. The highest BCUT2D eigenvalue weighted by molar-refractivity contribution is 5.94. The average Bonchev–Trinajstić information content (AvgIpc) is 2.83. The molecule has 0 saturated carbocycles. The van der Waals surface area contributed by atoms with E-state index in [-0.39, 0.29) is 11.5 Å². The molecule has 0 unspecified atom stereocenters. The van der Waals surface area contributed by atoms with Crippen molar-refractivity contribution in [3.8, 4) is 0 Å². The highest BCUT2D eigenvalue weighted by Crippen LogP contribution is 2.33. The van der Waals surface area contributed by atoms with Gasteiger partial charge in [0, 0.05) is 54.2 Å². The second-order valence-electron chi connectivity index (χ2n) is 9.54. The summed E-state index contributed by atoms with van der Waals surface area (Å²) in [5.41, 5.74) is 2.94. The van der Waals surface area contributed by atoms with Gasteiger partial charge in [0.25, 0.3) is 6.43 Å². The van der Waals surface area contributed by atoms with Crippen LogP contribution < -0.4 is 10.2 Å². The van der Waals surface area contributed by atoms with E-state index in [1.54, 1.807) is 6.92 Å². The number of nitrogens with one attached hydrogen (secondary N) is 1. The number of fused-ring (bicyclic) bond motifs is 1. The fourth-order valence-corrected chi connectivity index (χ4v) is 4.63. The molecule has 0 bridgehead atoms. The molecule has 1 atom stereocenters. The van der Waals surface area contributed by atoms with Gasteiger partial charge < -0.3 is 20.0 Å². The number of likely N-dealkylation sites (N-methyl/N-ethyl adjacent to an activating group) is 1. The second-order valence-corrected chi connectivity index (χ2v) is 9.54. The Morgan fingerprint density at radius 2 is 1.78 bits per heavy atom. The summed E-state index contributed by atoms with van der Waals surface area (Å²) in [6.45, 7) is 6.77. The number of aryl methyl sites for hydroxylation is 1. The lowest BCUT2D eigenvalue weighted by Crippen LogP contribution is -2.50. The molecule has 1 aliphatic rings. The Hall–Kier alpha value is -3.33. The van der Waals surface area contributed by atoms with Gasteiger partial charge in [-0.15, -0.1) is 0 Å². The minimum atomic E-state index is -2.87. The van der Waals surface area contributed by atoms with Crippen molar-refractivity contribution in [1.29, 1.82) is 0 Å². The van der Waals surface area contributed by atoms with E-state index in [1.165, 1.54) is 12.1 Å². The molecule has 192 valence electrons. The number of nitrogens with zero attached hydrogens (tertiary/aromatic N) is 4. The van der Waals surface area contributed by atoms with E-state index in [0.29, 0.717) is 19.6 Å². The van der Waals surface area contributed by atoms with Crippen LogP contribution in [0.4, 0.5) is 24.5 Å². The van der Waals surface area contributed by atoms with Gasteiger partial charge in [0.2, 0.25) is 5.91 Å². The van der Waals surface area contributed by atoms with Crippen molar-refractivity contribution in [3.05, 3.63) is 65.1 Å². The number of carbonyl (C=O) groups is 1. The smallest absolute Gasteiger partial charge is 0.266 e. The maximum atomic E-state index is 14.8. The van der Waals surface area contributed by atoms with E-state index < -0.39 is 23.8 Å². The van der Waals surface area contributed by atoms with Crippen LogP contribution in [-0.2, 0) is 4.79 Å². The normalized spacial score (nSPS) is 15.1. The molecular weight excluding hydrogens is 467 g/mol. The molecule has 1 fully saturated rings. The van der Waals surface area contributed by atoms with Crippen molar-refractivity contribution in [2.45, 2.75) is 26.3 Å². The molecule has 9 heteroatoms. The predicted molar refractivity (Wildman–Crippen MR) is 137 cm³/mol. The Morgan fingerprint density at radius 1 is 1.08 bits per heavy atom. The highest BCUT2D eigenvalue weighted by atomic mass is 19.3. The first kappa shape index (κ1) is 25.8. The van der Waals surface area contributed by atoms with Crippen LogP contribution >= 0.6 is 0 Å². The quantitative estimate of drug-likeness (QED) is 0.496. The van der Waals surface area contributed by atoms with Crippen LogP contribution in [-0.4, -0.2) is 67.5 Å². The van der Waals surface area contributed by atoms with Gasteiger partial charge in [-0.3, -0.25) is 9.78 Å². The number of piperazine rings is 1. The number of hydrogen-bond donors (Lipinski definition) is 1. The van der Waals surface area contributed by atoms with Gasteiger partial charge in [-0.05, 0) is 52.2 Å². The van der Waals surface area contributed by atoms with Crippen molar-refractivity contribution >= 4 is 28.2 Å². The number of benzene rings is 2. The molecule has 0 spiro atoms. The van der Waals surface area contributed by atoms with Crippen molar-refractivity contribution in [1.82, 2.24) is 14.8 Å². The Morgan fingerprint density at radius 3 is 2.44 bits per heavy atom. The number of hydrogen-bond acceptors (Lipinski definition) is 5. The summed E-state index contributed by atoms with van der Waals surface area (Å²) in [5, 5.41) is 4.18. The molecule has 36 heavy (non-hydrogen) atoms. The van der Waals surface area contributed by atoms with E-state index >= 15 is 0 Å².